The molecule has 28 heavy (non-hydrogen) atoms. The molecule has 0 atom stereocenters. The third-order valence-corrected chi connectivity index (χ3v) is 4.82. The van der Waals surface area contributed by atoms with Gasteiger partial charge >= 0.3 is 0 Å². The van der Waals surface area contributed by atoms with E-state index in [4.69, 9.17) is 9.47 Å². The van der Waals surface area contributed by atoms with Crippen molar-refractivity contribution in [2.24, 2.45) is 5.92 Å². The molecule has 0 N–H and O–H groups in total. The second kappa shape index (κ2) is 8.97. The highest BCUT2D eigenvalue weighted by atomic mass is 32.2. The van der Waals surface area contributed by atoms with Crippen molar-refractivity contribution in [2.45, 2.75) is 20.8 Å². The van der Waals surface area contributed by atoms with E-state index >= 15 is 0 Å². The van der Waals surface area contributed by atoms with Gasteiger partial charge in [-0.3, -0.25) is 9.59 Å². The summed E-state index contributed by atoms with van der Waals surface area (Å²) in [7, 11) is 0. The number of carbonyl (C=O) groups is 2. The summed E-state index contributed by atoms with van der Waals surface area (Å²) in [6.07, 6.45) is 1.71. The van der Waals surface area contributed by atoms with Crippen LogP contribution in [-0.4, -0.2) is 24.4 Å². The SMILES string of the molecule is CCOc1cc(/C=C2/SC(=O)N(c3ccccc3)C2=O)ccc1OCC(C)C. The molecular formula is C22H23NO4S. The molecule has 0 unspecified atom stereocenters. The third kappa shape index (κ3) is 4.57. The van der Waals surface area contributed by atoms with Crippen LogP contribution in [0, 0.1) is 5.92 Å². The summed E-state index contributed by atoms with van der Waals surface area (Å²) in [6, 6.07) is 14.4. The predicted molar refractivity (Wildman–Crippen MR) is 113 cm³/mol. The van der Waals surface area contributed by atoms with Gasteiger partial charge in [0.25, 0.3) is 11.1 Å². The minimum absolute atomic E-state index is 0.302. The smallest absolute Gasteiger partial charge is 0.298 e. The predicted octanol–water partition coefficient (Wildman–Crippen LogP) is 5.36. The summed E-state index contributed by atoms with van der Waals surface area (Å²) in [6.45, 7) is 7.17. The lowest BCUT2D eigenvalue weighted by Gasteiger charge is -2.14. The maximum atomic E-state index is 12.7. The zero-order valence-corrected chi connectivity index (χ0v) is 17.0. The molecule has 0 radical (unpaired) electrons. The second-order valence-electron chi connectivity index (χ2n) is 6.70. The molecule has 5 nitrogen and oxygen atoms in total. The van der Waals surface area contributed by atoms with Crippen molar-refractivity contribution in [3.8, 4) is 11.5 Å². The Morgan fingerprint density at radius 3 is 2.46 bits per heavy atom. The fourth-order valence-corrected chi connectivity index (χ4v) is 3.52. The molecule has 2 aromatic rings. The molecule has 0 bridgehead atoms. The lowest BCUT2D eigenvalue weighted by atomic mass is 10.1. The van der Waals surface area contributed by atoms with Crippen molar-refractivity contribution in [3.05, 3.63) is 59.0 Å². The molecule has 2 amide bonds. The van der Waals surface area contributed by atoms with Gasteiger partial charge in [0, 0.05) is 0 Å². The van der Waals surface area contributed by atoms with E-state index in [1.165, 1.54) is 4.90 Å². The van der Waals surface area contributed by atoms with E-state index in [9.17, 15) is 9.59 Å². The monoisotopic (exact) mass is 397 g/mol. The minimum atomic E-state index is -0.320. The Balaban J connectivity index is 1.85. The van der Waals surface area contributed by atoms with E-state index in [-0.39, 0.29) is 11.1 Å². The van der Waals surface area contributed by atoms with Gasteiger partial charge in [0.05, 0.1) is 23.8 Å². The van der Waals surface area contributed by atoms with Gasteiger partial charge in [-0.15, -0.1) is 0 Å². The van der Waals surface area contributed by atoms with Crippen LogP contribution in [-0.2, 0) is 4.79 Å². The van der Waals surface area contributed by atoms with E-state index in [1.54, 1.807) is 30.3 Å². The molecule has 1 saturated heterocycles. The van der Waals surface area contributed by atoms with Crippen molar-refractivity contribution >= 4 is 34.7 Å². The van der Waals surface area contributed by atoms with Crippen LogP contribution in [0.4, 0.5) is 10.5 Å². The second-order valence-corrected chi connectivity index (χ2v) is 7.69. The van der Waals surface area contributed by atoms with Crippen LogP contribution in [0.2, 0.25) is 0 Å². The summed E-state index contributed by atoms with van der Waals surface area (Å²) < 4.78 is 11.5. The Morgan fingerprint density at radius 2 is 1.79 bits per heavy atom. The molecule has 146 valence electrons. The van der Waals surface area contributed by atoms with Gasteiger partial charge < -0.3 is 9.47 Å². The van der Waals surface area contributed by atoms with Crippen LogP contribution in [0.1, 0.15) is 26.3 Å². The summed E-state index contributed by atoms with van der Waals surface area (Å²) >= 11 is 0.936. The molecular weight excluding hydrogens is 374 g/mol. The number of carbonyl (C=O) groups excluding carboxylic acids is 2. The fourth-order valence-electron chi connectivity index (χ4n) is 2.68. The van der Waals surface area contributed by atoms with Crippen LogP contribution in [0.25, 0.3) is 6.08 Å². The maximum Gasteiger partial charge on any atom is 0.298 e. The first-order chi connectivity index (χ1) is 13.5. The molecule has 1 aliphatic rings. The third-order valence-electron chi connectivity index (χ3n) is 3.95. The largest absolute Gasteiger partial charge is 0.490 e. The molecule has 1 fully saturated rings. The number of para-hydroxylation sites is 1. The first-order valence-electron chi connectivity index (χ1n) is 9.22. The Kier molecular flexibility index (Phi) is 6.41. The van der Waals surface area contributed by atoms with Crippen molar-refractivity contribution in [2.75, 3.05) is 18.1 Å². The number of imide groups is 1. The van der Waals surface area contributed by atoms with Gasteiger partial charge in [-0.1, -0.05) is 38.1 Å². The normalized spacial score (nSPS) is 15.6. The summed E-state index contributed by atoms with van der Waals surface area (Å²) in [5.41, 5.74) is 1.35. The highest BCUT2D eigenvalue weighted by Gasteiger charge is 2.36. The van der Waals surface area contributed by atoms with Gasteiger partial charge in [-0.25, -0.2) is 4.90 Å². The van der Waals surface area contributed by atoms with Crippen LogP contribution >= 0.6 is 11.8 Å². The number of benzene rings is 2. The molecule has 1 aliphatic heterocycles. The Bertz CT molecular complexity index is 893. The molecule has 0 aromatic heterocycles. The van der Waals surface area contributed by atoms with E-state index < -0.39 is 0 Å². The first-order valence-corrected chi connectivity index (χ1v) is 10.0. The Hall–Kier alpha value is -2.73. The number of hydrogen-bond donors (Lipinski definition) is 0. The van der Waals surface area contributed by atoms with E-state index in [0.717, 1.165) is 17.3 Å². The highest BCUT2D eigenvalue weighted by Crippen LogP contribution is 2.37. The van der Waals surface area contributed by atoms with Crippen molar-refractivity contribution < 1.29 is 19.1 Å². The van der Waals surface area contributed by atoms with E-state index in [1.807, 2.05) is 31.2 Å². The molecule has 0 saturated carbocycles. The zero-order chi connectivity index (χ0) is 20.1. The van der Waals surface area contributed by atoms with E-state index in [2.05, 4.69) is 13.8 Å². The number of nitrogens with zero attached hydrogens (tertiary/aromatic N) is 1. The average molecular weight is 397 g/mol. The molecule has 0 spiro atoms. The van der Waals surface area contributed by atoms with E-state index in [0.29, 0.717) is 41.2 Å². The first kappa shape index (κ1) is 20.0. The number of amides is 2. The summed E-state index contributed by atoms with van der Waals surface area (Å²) in [5.74, 6) is 1.38. The Labute approximate surface area is 169 Å². The lowest BCUT2D eigenvalue weighted by Crippen LogP contribution is -2.27. The molecule has 6 heteroatoms. The number of ether oxygens (including phenoxy) is 2. The number of rotatable bonds is 7. The van der Waals surface area contributed by atoms with Crippen molar-refractivity contribution in [1.29, 1.82) is 0 Å². The minimum Gasteiger partial charge on any atom is -0.490 e. The molecule has 2 aromatic carbocycles. The lowest BCUT2D eigenvalue weighted by molar-refractivity contribution is -0.113. The Morgan fingerprint density at radius 1 is 1.04 bits per heavy atom. The average Bonchev–Trinajstić information content (AvgIpc) is 2.95. The molecule has 0 aliphatic carbocycles. The van der Waals surface area contributed by atoms with Crippen molar-refractivity contribution in [3.63, 3.8) is 0 Å². The summed E-state index contributed by atoms with van der Waals surface area (Å²) in [5, 5.41) is -0.302. The summed E-state index contributed by atoms with van der Waals surface area (Å²) in [4.78, 5) is 26.7. The fraction of sp³-hybridized carbons (Fsp3) is 0.273. The standard InChI is InChI=1S/C22H23NO4S/c1-4-26-19-12-16(10-11-18(19)27-14-15(2)3)13-20-21(24)23(22(25)28-20)17-8-6-5-7-9-17/h5-13,15H,4,14H2,1-3H3/b20-13+. The van der Waals surface area contributed by atoms with Crippen LogP contribution in [0.3, 0.4) is 0 Å². The van der Waals surface area contributed by atoms with Gasteiger partial charge in [0.15, 0.2) is 11.5 Å². The van der Waals surface area contributed by atoms with Crippen LogP contribution in [0.15, 0.2) is 53.4 Å². The number of hydrogen-bond acceptors (Lipinski definition) is 5. The molecule has 1 heterocycles. The van der Waals surface area contributed by atoms with Crippen molar-refractivity contribution in [1.82, 2.24) is 0 Å². The number of anilines is 1. The van der Waals surface area contributed by atoms with Crippen LogP contribution < -0.4 is 14.4 Å². The van der Waals surface area contributed by atoms with Gasteiger partial charge in [-0.2, -0.15) is 0 Å². The number of thioether (sulfide) groups is 1. The van der Waals surface area contributed by atoms with Crippen LogP contribution in [0.5, 0.6) is 11.5 Å². The van der Waals surface area contributed by atoms with Gasteiger partial charge in [-0.05, 0) is 60.5 Å². The van der Waals surface area contributed by atoms with Gasteiger partial charge in [0.2, 0.25) is 0 Å². The maximum absolute atomic E-state index is 12.7. The zero-order valence-electron chi connectivity index (χ0n) is 16.2. The quantitative estimate of drug-likeness (QED) is 0.589. The molecule has 3 rings (SSSR count). The van der Waals surface area contributed by atoms with Gasteiger partial charge in [0.1, 0.15) is 0 Å². The highest BCUT2D eigenvalue weighted by molar-refractivity contribution is 8.19. The topological polar surface area (TPSA) is 55.8 Å².